The van der Waals surface area contributed by atoms with Gasteiger partial charge in [0.1, 0.15) is 5.82 Å². The number of piperazine rings is 1. The molecule has 0 N–H and O–H groups in total. The first kappa shape index (κ1) is 14.8. The molecule has 8 nitrogen and oxygen atoms in total. The number of carbonyl (C=O) groups excluding carboxylic acids is 1. The maximum atomic E-state index is 12.8. The number of anilines is 1. The summed E-state index contributed by atoms with van der Waals surface area (Å²) in [5.41, 5.74) is 0. The largest absolute Gasteiger partial charge is 0.353 e. The second-order valence-electron chi connectivity index (χ2n) is 6.40. The van der Waals surface area contributed by atoms with Crippen LogP contribution < -0.4 is 4.90 Å². The molecule has 0 atom stereocenters. The maximum Gasteiger partial charge on any atom is 0.284 e. The second kappa shape index (κ2) is 5.76. The predicted molar refractivity (Wildman–Crippen MR) is 93.0 cm³/mol. The van der Waals surface area contributed by atoms with Gasteiger partial charge in [-0.15, -0.1) is 15.3 Å². The standard InChI is InChI=1S/C16H17N7OS/c24-15(14-20-23-13(11-4-5-11)18-19-16(23)25-14)22-9-7-21(8-10-22)12-3-1-2-6-17-12/h1-3,6,11H,4-5,7-10H2. The smallest absolute Gasteiger partial charge is 0.284 e. The Bertz CT molecular complexity index is 909. The van der Waals surface area contributed by atoms with Gasteiger partial charge in [0.15, 0.2) is 5.82 Å². The monoisotopic (exact) mass is 355 g/mol. The summed E-state index contributed by atoms with van der Waals surface area (Å²) in [6.07, 6.45) is 4.07. The maximum absolute atomic E-state index is 12.8. The van der Waals surface area contributed by atoms with Crippen LogP contribution in [0.25, 0.3) is 4.96 Å². The molecule has 1 amide bonds. The molecule has 5 rings (SSSR count). The van der Waals surface area contributed by atoms with Crippen LogP contribution in [0.4, 0.5) is 5.82 Å². The van der Waals surface area contributed by atoms with Crippen LogP contribution in [-0.4, -0.2) is 61.8 Å². The highest BCUT2D eigenvalue weighted by Crippen LogP contribution is 2.39. The zero-order chi connectivity index (χ0) is 16.8. The lowest BCUT2D eigenvalue weighted by Crippen LogP contribution is -2.49. The predicted octanol–water partition coefficient (Wildman–Crippen LogP) is 1.42. The molecule has 1 aliphatic heterocycles. The van der Waals surface area contributed by atoms with Crippen LogP contribution in [0.3, 0.4) is 0 Å². The van der Waals surface area contributed by atoms with E-state index in [1.54, 1.807) is 10.7 Å². The Hall–Kier alpha value is -2.55. The highest BCUT2D eigenvalue weighted by Gasteiger charge is 2.31. The van der Waals surface area contributed by atoms with Crippen molar-refractivity contribution in [2.75, 3.05) is 31.1 Å². The first-order valence-electron chi connectivity index (χ1n) is 8.47. The third-order valence-corrected chi connectivity index (χ3v) is 5.57. The van der Waals surface area contributed by atoms with Crippen LogP contribution in [0.2, 0.25) is 0 Å². The van der Waals surface area contributed by atoms with Crippen LogP contribution in [-0.2, 0) is 0 Å². The normalized spacial score (nSPS) is 18.1. The van der Waals surface area contributed by atoms with Gasteiger partial charge in [0.05, 0.1) is 0 Å². The molecule has 0 unspecified atom stereocenters. The van der Waals surface area contributed by atoms with Gasteiger partial charge in [-0.2, -0.15) is 4.52 Å². The Morgan fingerprint density at radius 2 is 1.96 bits per heavy atom. The number of fused-ring (bicyclic) bond motifs is 1. The number of aromatic nitrogens is 5. The summed E-state index contributed by atoms with van der Waals surface area (Å²) < 4.78 is 1.75. The molecule has 9 heteroatoms. The lowest BCUT2D eigenvalue weighted by molar-refractivity contribution is 0.0745. The number of hydrogen-bond acceptors (Lipinski definition) is 7. The minimum atomic E-state index is -0.0158. The van der Waals surface area contributed by atoms with E-state index in [-0.39, 0.29) is 5.91 Å². The van der Waals surface area contributed by atoms with Crippen LogP contribution in [0.5, 0.6) is 0 Å². The van der Waals surface area contributed by atoms with Crippen molar-refractivity contribution in [1.29, 1.82) is 0 Å². The minimum absolute atomic E-state index is 0.0158. The molecule has 2 aliphatic rings. The van der Waals surface area contributed by atoms with Gasteiger partial charge in [-0.05, 0) is 25.0 Å². The lowest BCUT2D eigenvalue weighted by Gasteiger charge is -2.34. The fourth-order valence-corrected chi connectivity index (χ4v) is 3.94. The summed E-state index contributed by atoms with van der Waals surface area (Å²) in [6, 6.07) is 5.89. The van der Waals surface area contributed by atoms with Gasteiger partial charge < -0.3 is 9.80 Å². The van der Waals surface area contributed by atoms with Gasteiger partial charge in [-0.25, -0.2) is 4.98 Å². The second-order valence-corrected chi connectivity index (χ2v) is 7.36. The molecule has 0 radical (unpaired) electrons. The van der Waals surface area contributed by atoms with Crippen molar-refractivity contribution in [2.24, 2.45) is 0 Å². The highest BCUT2D eigenvalue weighted by atomic mass is 32.1. The van der Waals surface area contributed by atoms with Gasteiger partial charge in [0.25, 0.3) is 5.91 Å². The van der Waals surface area contributed by atoms with Gasteiger partial charge in [0.2, 0.25) is 9.97 Å². The van der Waals surface area contributed by atoms with Crippen LogP contribution in [0.1, 0.15) is 34.4 Å². The zero-order valence-corrected chi connectivity index (χ0v) is 14.4. The van der Waals surface area contributed by atoms with E-state index in [4.69, 9.17) is 0 Å². The van der Waals surface area contributed by atoms with Gasteiger partial charge in [0, 0.05) is 38.3 Å². The van der Waals surface area contributed by atoms with Gasteiger partial charge >= 0.3 is 0 Å². The molecule has 2 fully saturated rings. The topological polar surface area (TPSA) is 79.5 Å². The van der Waals surface area contributed by atoms with E-state index in [2.05, 4.69) is 25.2 Å². The van der Waals surface area contributed by atoms with E-state index in [0.717, 1.165) is 37.6 Å². The molecule has 3 aromatic rings. The quantitative estimate of drug-likeness (QED) is 0.707. The average Bonchev–Trinajstić information content (AvgIpc) is 3.29. The molecule has 0 bridgehead atoms. The molecule has 25 heavy (non-hydrogen) atoms. The average molecular weight is 355 g/mol. The highest BCUT2D eigenvalue weighted by molar-refractivity contribution is 7.18. The summed E-state index contributed by atoms with van der Waals surface area (Å²) in [5, 5.41) is 13.3. The first-order valence-corrected chi connectivity index (χ1v) is 9.28. The SMILES string of the molecule is O=C(c1nn2c(C3CC3)nnc2s1)N1CCN(c2ccccn2)CC1. The fourth-order valence-electron chi connectivity index (χ4n) is 3.13. The molecule has 0 aromatic carbocycles. The fraction of sp³-hybridized carbons (Fsp3) is 0.438. The molecule has 1 aliphatic carbocycles. The minimum Gasteiger partial charge on any atom is -0.353 e. The van der Waals surface area contributed by atoms with Crippen molar-refractivity contribution in [3.05, 3.63) is 35.2 Å². The third-order valence-electron chi connectivity index (χ3n) is 4.68. The molecular weight excluding hydrogens is 338 g/mol. The van der Waals surface area contributed by atoms with E-state index >= 15 is 0 Å². The van der Waals surface area contributed by atoms with Crippen LogP contribution in [0.15, 0.2) is 24.4 Å². The number of pyridine rings is 1. The Kier molecular flexibility index (Phi) is 3.40. The number of carbonyl (C=O) groups is 1. The molecule has 4 heterocycles. The van der Waals surface area contributed by atoms with Crippen LogP contribution >= 0.6 is 11.3 Å². The Morgan fingerprint density at radius 1 is 1.12 bits per heavy atom. The van der Waals surface area contributed by atoms with E-state index in [1.807, 2.05) is 23.1 Å². The van der Waals surface area contributed by atoms with Crippen molar-refractivity contribution in [3.63, 3.8) is 0 Å². The summed E-state index contributed by atoms with van der Waals surface area (Å²) in [5.74, 6) is 2.30. The molecule has 1 saturated heterocycles. The van der Waals surface area contributed by atoms with E-state index in [9.17, 15) is 4.79 Å². The van der Waals surface area contributed by atoms with Crippen LogP contribution in [0, 0.1) is 0 Å². The van der Waals surface area contributed by atoms with Crippen molar-refractivity contribution >= 4 is 28.0 Å². The Balaban J connectivity index is 1.30. The van der Waals surface area contributed by atoms with Crippen molar-refractivity contribution in [3.8, 4) is 0 Å². The van der Waals surface area contributed by atoms with E-state index in [0.29, 0.717) is 29.0 Å². The number of hydrogen-bond donors (Lipinski definition) is 0. The Morgan fingerprint density at radius 3 is 2.68 bits per heavy atom. The molecule has 128 valence electrons. The van der Waals surface area contributed by atoms with E-state index in [1.165, 1.54) is 11.3 Å². The summed E-state index contributed by atoms with van der Waals surface area (Å²) in [4.78, 5) is 21.9. The number of nitrogens with zero attached hydrogens (tertiary/aromatic N) is 7. The molecule has 1 saturated carbocycles. The number of amides is 1. The molecular formula is C16H17N7OS. The van der Waals surface area contributed by atoms with Gasteiger partial charge in [-0.1, -0.05) is 17.4 Å². The lowest BCUT2D eigenvalue weighted by atomic mass is 10.3. The van der Waals surface area contributed by atoms with Crippen molar-refractivity contribution < 1.29 is 4.79 Å². The van der Waals surface area contributed by atoms with Crippen molar-refractivity contribution in [2.45, 2.75) is 18.8 Å². The van der Waals surface area contributed by atoms with Gasteiger partial charge in [-0.3, -0.25) is 4.79 Å². The summed E-state index contributed by atoms with van der Waals surface area (Å²) >= 11 is 1.32. The summed E-state index contributed by atoms with van der Waals surface area (Å²) in [6.45, 7) is 2.90. The summed E-state index contributed by atoms with van der Waals surface area (Å²) in [7, 11) is 0. The zero-order valence-electron chi connectivity index (χ0n) is 13.6. The Labute approximate surface area is 148 Å². The molecule has 0 spiro atoms. The third kappa shape index (κ3) is 2.64. The van der Waals surface area contributed by atoms with Crippen molar-refractivity contribution in [1.82, 2.24) is 29.7 Å². The van der Waals surface area contributed by atoms with E-state index < -0.39 is 0 Å². The first-order chi connectivity index (χ1) is 12.3. The number of rotatable bonds is 3. The molecule has 3 aromatic heterocycles.